The van der Waals surface area contributed by atoms with Gasteiger partial charge in [0.05, 0.1) is 17.4 Å². The molecule has 1 aromatic rings. The molecule has 0 unspecified atom stereocenters. The van der Waals surface area contributed by atoms with Crippen molar-refractivity contribution in [2.75, 3.05) is 19.7 Å². The molecule has 1 N–H and O–H groups in total. The summed E-state index contributed by atoms with van der Waals surface area (Å²) in [4.78, 5) is 11.2. The molecule has 2 aliphatic rings. The van der Waals surface area contributed by atoms with Crippen LogP contribution in [0.1, 0.15) is 24.8 Å². The van der Waals surface area contributed by atoms with Crippen LogP contribution in [-0.4, -0.2) is 43.5 Å². The minimum Gasteiger partial charge on any atom is -0.493 e. The first-order valence-electron chi connectivity index (χ1n) is 7.47. The van der Waals surface area contributed by atoms with Crippen molar-refractivity contribution in [3.8, 4) is 5.75 Å². The van der Waals surface area contributed by atoms with Crippen molar-refractivity contribution in [2.45, 2.75) is 30.6 Å². The van der Waals surface area contributed by atoms with Crippen LogP contribution < -0.4 is 4.74 Å². The fraction of sp³-hybridized carbons (Fsp3) is 0.533. The minimum atomic E-state index is -3.56. The van der Waals surface area contributed by atoms with E-state index in [9.17, 15) is 13.2 Å². The molecule has 1 aromatic carbocycles. The van der Waals surface area contributed by atoms with E-state index in [0.717, 1.165) is 24.2 Å². The first kappa shape index (κ1) is 15.3. The molecule has 0 bridgehead atoms. The van der Waals surface area contributed by atoms with Gasteiger partial charge in [0.15, 0.2) is 0 Å². The number of carboxylic acid groups (broad SMARTS) is 1. The fourth-order valence-electron chi connectivity index (χ4n) is 2.99. The Morgan fingerprint density at radius 2 is 2.00 bits per heavy atom. The van der Waals surface area contributed by atoms with Crippen LogP contribution in [-0.2, 0) is 21.2 Å². The van der Waals surface area contributed by atoms with Crippen molar-refractivity contribution in [2.24, 2.45) is 5.92 Å². The Balaban J connectivity index is 1.80. The Morgan fingerprint density at radius 3 is 2.68 bits per heavy atom. The van der Waals surface area contributed by atoms with Crippen LogP contribution in [0, 0.1) is 5.92 Å². The largest absolute Gasteiger partial charge is 0.493 e. The summed E-state index contributed by atoms with van der Waals surface area (Å²) in [5, 5.41) is 8.99. The number of fused-ring (bicyclic) bond motifs is 1. The lowest BCUT2D eigenvalue weighted by molar-refractivity contribution is -0.142. The summed E-state index contributed by atoms with van der Waals surface area (Å²) in [6, 6.07) is 4.97. The second-order valence-corrected chi connectivity index (χ2v) is 7.68. The first-order chi connectivity index (χ1) is 10.5. The molecule has 0 radical (unpaired) electrons. The van der Waals surface area contributed by atoms with Crippen LogP contribution in [0.2, 0.25) is 0 Å². The highest BCUT2D eigenvalue weighted by Crippen LogP contribution is 2.30. The molecule has 0 atom stereocenters. The smallest absolute Gasteiger partial charge is 0.306 e. The maximum absolute atomic E-state index is 12.7. The third-order valence-corrected chi connectivity index (χ3v) is 6.22. The summed E-state index contributed by atoms with van der Waals surface area (Å²) in [6.45, 7) is 1.18. The van der Waals surface area contributed by atoms with Crippen molar-refractivity contribution < 1.29 is 23.1 Å². The lowest BCUT2D eigenvalue weighted by Crippen LogP contribution is -2.40. The molecule has 1 fully saturated rings. The van der Waals surface area contributed by atoms with E-state index in [2.05, 4.69) is 0 Å². The summed E-state index contributed by atoms with van der Waals surface area (Å²) in [6.07, 6.45) is 2.44. The molecule has 0 saturated carbocycles. The number of aliphatic carboxylic acids is 1. The highest BCUT2D eigenvalue weighted by molar-refractivity contribution is 7.89. The second-order valence-electron chi connectivity index (χ2n) is 5.74. The third kappa shape index (κ3) is 2.83. The number of rotatable bonds is 3. The maximum Gasteiger partial charge on any atom is 0.306 e. The van der Waals surface area contributed by atoms with Crippen LogP contribution in [0.25, 0.3) is 0 Å². The Hall–Kier alpha value is -1.60. The van der Waals surface area contributed by atoms with Gasteiger partial charge in [-0.25, -0.2) is 8.42 Å². The quantitative estimate of drug-likeness (QED) is 0.910. The predicted octanol–water partition coefficient (Wildman–Crippen LogP) is 1.50. The van der Waals surface area contributed by atoms with Crippen LogP contribution in [0.5, 0.6) is 5.75 Å². The van der Waals surface area contributed by atoms with Crippen molar-refractivity contribution in [3.05, 3.63) is 23.8 Å². The van der Waals surface area contributed by atoms with Gasteiger partial charge in [0.25, 0.3) is 0 Å². The summed E-state index contributed by atoms with van der Waals surface area (Å²) >= 11 is 0. The van der Waals surface area contributed by atoms with Crippen molar-refractivity contribution >= 4 is 16.0 Å². The molecule has 6 nitrogen and oxygen atoms in total. The van der Waals surface area contributed by atoms with E-state index in [1.165, 1.54) is 4.31 Å². The van der Waals surface area contributed by atoms with Gasteiger partial charge in [-0.15, -0.1) is 0 Å². The van der Waals surface area contributed by atoms with E-state index < -0.39 is 21.9 Å². The molecule has 22 heavy (non-hydrogen) atoms. The lowest BCUT2D eigenvalue weighted by Gasteiger charge is -2.29. The number of hydrogen-bond acceptors (Lipinski definition) is 4. The van der Waals surface area contributed by atoms with Gasteiger partial charge < -0.3 is 9.84 Å². The Bertz CT molecular complexity index is 677. The van der Waals surface area contributed by atoms with Crippen LogP contribution in [0.3, 0.4) is 0 Å². The predicted molar refractivity (Wildman–Crippen MR) is 79.4 cm³/mol. The zero-order valence-corrected chi connectivity index (χ0v) is 13.0. The molecule has 3 rings (SSSR count). The van der Waals surface area contributed by atoms with E-state index in [1.54, 1.807) is 18.2 Å². The summed E-state index contributed by atoms with van der Waals surface area (Å²) in [7, 11) is -3.56. The number of benzene rings is 1. The fourth-order valence-corrected chi connectivity index (χ4v) is 4.51. The molecular formula is C15H19NO5S. The standard InChI is InChI=1S/C15H19NO5S/c17-15(18)11-5-7-16(8-6-11)22(19,20)13-3-4-14-12(10-13)2-1-9-21-14/h3-4,10-11H,1-2,5-9H2,(H,17,18). The van der Waals surface area contributed by atoms with E-state index >= 15 is 0 Å². The van der Waals surface area contributed by atoms with Gasteiger partial charge in [-0.3, -0.25) is 4.79 Å². The van der Waals surface area contributed by atoms with Gasteiger partial charge in [-0.2, -0.15) is 4.31 Å². The molecule has 0 amide bonds. The van der Waals surface area contributed by atoms with Gasteiger partial charge in [0, 0.05) is 13.1 Å². The van der Waals surface area contributed by atoms with Gasteiger partial charge in [0.2, 0.25) is 10.0 Å². The molecule has 0 spiro atoms. The van der Waals surface area contributed by atoms with E-state index in [-0.39, 0.29) is 18.0 Å². The van der Waals surface area contributed by atoms with E-state index in [1.807, 2.05) is 0 Å². The Labute approximate surface area is 129 Å². The molecule has 1 saturated heterocycles. The zero-order chi connectivity index (χ0) is 15.7. The van der Waals surface area contributed by atoms with Gasteiger partial charge in [0.1, 0.15) is 5.75 Å². The molecule has 2 heterocycles. The number of nitrogens with zero attached hydrogens (tertiary/aromatic N) is 1. The van der Waals surface area contributed by atoms with Crippen LogP contribution >= 0.6 is 0 Å². The van der Waals surface area contributed by atoms with Gasteiger partial charge >= 0.3 is 5.97 Å². The SMILES string of the molecule is O=C(O)C1CCN(S(=O)(=O)c2ccc3c(c2)CCCO3)CC1. The lowest BCUT2D eigenvalue weighted by atomic mass is 9.99. The normalized spacial score (nSPS) is 20.2. The Morgan fingerprint density at radius 1 is 1.27 bits per heavy atom. The van der Waals surface area contributed by atoms with Gasteiger partial charge in [-0.05, 0) is 49.4 Å². The Kier molecular flexibility index (Phi) is 4.10. The number of carboxylic acids is 1. The van der Waals surface area contributed by atoms with Crippen molar-refractivity contribution in [1.82, 2.24) is 4.31 Å². The highest BCUT2D eigenvalue weighted by atomic mass is 32.2. The average molecular weight is 325 g/mol. The molecule has 0 aliphatic carbocycles. The molecular weight excluding hydrogens is 306 g/mol. The third-order valence-electron chi connectivity index (χ3n) is 4.32. The number of hydrogen-bond donors (Lipinski definition) is 1. The minimum absolute atomic E-state index is 0.257. The number of carbonyl (C=O) groups is 1. The average Bonchev–Trinajstić information content (AvgIpc) is 2.54. The van der Waals surface area contributed by atoms with E-state index in [4.69, 9.17) is 9.84 Å². The van der Waals surface area contributed by atoms with Crippen LogP contribution in [0.15, 0.2) is 23.1 Å². The summed E-state index contributed by atoms with van der Waals surface area (Å²) < 4.78 is 32.3. The number of ether oxygens (including phenoxy) is 1. The van der Waals surface area contributed by atoms with Crippen LogP contribution in [0.4, 0.5) is 0 Å². The molecule has 120 valence electrons. The van der Waals surface area contributed by atoms with Crippen molar-refractivity contribution in [1.29, 1.82) is 0 Å². The first-order valence-corrected chi connectivity index (χ1v) is 8.91. The summed E-state index contributed by atoms with van der Waals surface area (Å²) in [5.74, 6) is -0.527. The number of aryl methyl sites for hydroxylation is 1. The zero-order valence-electron chi connectivity index (χ0n) is 12.2. The molecule has 7 heteroatoms. The number of sulfonamides is 1. The van der Waals surface area contributed by atoms with E-state index in [0.29, 0.717) is 19.4 Å². The maximum atomic E-state index is 12.7. The second kappa shape index (κ2) is 5.89. The topological polar surface area (TPSA) is 83.9 Å². The monoisotopic (exact) mass is 325 g/mol. The summed E-state index contributed by atoms with van der Waals surface area (Å²) in [5.41, 5.74) is 0.924. The number of piperidine rings is 1. The molecule has 2 aliphatic heterocycles. The van der Waals surface area contributed by atoms with Gasteiger partial charge in [-0.1, -0.05) is 0 Å². The molecule has 0 aromatic heterocycles. The highest BCUT2D eigenvalue weighted by Gasteiger charge is 2.32. The van der Waals surface area contributed by atoms with Crippen molar-refractivity contribution in [3.63, 3.8) is 0 Å².